The van der Waals surface area contributed by atoms with Gasteiger partial charge in [0.2, 0.25) is 0 Å². The van der Waals surface area contributed by atoms with Gasteiger partial charge in [-0.05, 0) is 39.0 Å². The number of nitrogens with one attached hydrogen (secondary N) is 2. The van der Waals surface area contributed by atoms with E-state index in [1.807, 2.05) is 0 Å². The maximum absolute atomic E-state index is 11.4. The highest BCUT2D eigenvalue weighted by Gasteiger charge is 2.14. The number of anilines is 1. The molecule has 0 unspecified atom stereocenters. The van der Waals surface area contributed by atoms with Crippen molar-refractivity contribution in [3.05, 3.63) is 29.8 Å². The molecular formula is C15H19N3O3. The third kappa shape index (κ3) is 7.47. The first kappa shape index (κ1) is 16.4. The molecular weight excluding hydrogens is 270 g/mol. The number of urea groups is 1. The van der Waals surface area contributed by atoms with Gasteiger partial charge in [-0.1, -0.05) is 17.9 Å². The molecule has 0 aliphatic carbocycles. The van der Waals surface area contributed by atoms with E-state index in [0.29, 0.717) is 11.3 Å². The van der Waals surface area contributed by atoms with Gasteiger partial charge >= 0.3 is 12.1 Å². The molecule has 6 heteroatoms. The molecule has 1 rings (SSSR count). The molecule has 0 aromatic heterocycles. The van der Waals surface area contributed by atoms with E-state index in [9.17, 15) is 9.59 Å². The minimum Gasteiger partial charge on any atom is -0.444 e. The van der Waals surface area contributed by atoms with Gasteiger partial charge in [-0.2, -0.15) is 0 Å². The number of carbonyl (C=O) groups is 2. The molecule has 0 fully saturated rings. The monoisotopic (exact) mass is 289 g/mol. The minimum absolute atomic E-state index is 0.169. The van der Waals surface area contributed by atoms with Crippen LogP contribution in [-0.2, 0) is 4.74 Å². The SMILES string of the molecule is CC(C)(C)OC(=O)NCC#Cc1cccc(NC(N)=O)c1. The summed E-state index contributed by atoms with van der Waals surface area (Å²) in [6, 6.07) is 6.29. The smallest absolute Gasteiger partial charge is 0.408 e. The highest BCUT2D eigenvalue weighted by atomic mass is 16.6. The molecule has 0 spiro atoms. The fourth-order valence-electron chi connectivity index (χ4n) is 1.39. The van der Waals surface area contributed by atoms with Gasteiger partial charge in [-0.3, -0.25) is 0 Å². The molecule has 0 heterocycles. The summed E-state index contributed by atoms with van der Waals surface area (Å²) >= 11 is 0. The van der Waals surface area contributed by atoms with Crippen molar-refractivity contribution in [2.24, 2.45) is 5.73 Å². The van der Waals surface area contributed by atoms with Crippen LogP contribution in [0.1, 0.15) is 26.3 Å². The second-order valence-corrected chi connectivity index (χ2v) is 5.23. The second kappa shape index (κ2) is 7.20. The van der Waals surface area contributed by atoms with E-state index >= 15 is 0 Å². The molecule has 112 valence electrons. The molecule has 4 N–H and O–H groups in total. The third-order valence-corrected chi connectivity index (χ3v) is 2.08. The zero-order valence-electron chi connectivity index (χ0n) is 12.3. The standard InChI is InChI=1S/C15H19N3O3/c1-15(2,3)21-14(20)17-9-5-7-11-6-4-8-12(10-11)18-13(16)19/h4,6,8,10H,9H2,1-3H3,(H,17,20)(H3,16,18,19). The van der Waals surface area contributed by atoms with E-state index in [4.69, 9.17) is 10.5 Å². The van der Waals surface area contributed by atoms with Crippen LogP contribution in [0.15, 0.2) is 24.3 Å². The number of primary amides is 1. The number of alkyl carbamates (subject to hydrolysis) is 1. The Balaban J connectivity index is 2.52. The lowest BCUT2D eigenvalue weighted by atomic mass is 10.2. The maximum Gasteiger partial charge on any atom is 0.408 e. The summed E-state index contributed by atoms with van der Waals surface area (Å²) in [6.45, 7) is 5.53. The summed E-state index contributed by atoms with van der Waals surface area (Å²) in [5, 5.41) is 4.99. The predicted molar refractivity (Wildman–Crippen MR) is 80.8 cm³/mol. The van der Waals surface area contributed by atoms with Gasteiger partial charge < -0.3 is 21.1 Å². The highest BCUT2D eigenvalue weighted by molar-refractivity contribution is 5.87. The quantitative estimate of drug-likeness (QED) is 0.727. The van der Waals surface area contributed by atoms with Gasteiger partial charge in [0.1, 0.15) is 5.60 Å². The van der Waals surface area contributed by atoms with E-state index in [1.54, 1.807) is 45.0 Å². The summed E-state index contributed by atoms with van der Waals surface area (Å²) in [4.78, 5) is 22.1. The molecule has 3 amide bonds. The zero-order chi connectivity index (χ0) is 15.9. The number of ether oxygens (including phenoxy) is 1. The predicted octanol–water partition coefficient (Wildman–Crippen LogP) is 2.05. The van der Waals surface area contributed by atoms with Crippen molar-refractivity contribution in [1.82, 2.24) is 5.32 Å². The Labute approximate surface area is 124 Å². The Morgan fingerprint density at radius 2 is 2.05 bits per heavy atom. The number of nitrogens with two attached hydrogens (primary N) is 1. The molecule has 0 saturated heterocycles. The van der Waals surface area contributed by atoms with E-state index in [0.717, 1.165) is 0 Å². The molecule has 0 aliphatic rings. The number of carbonyl (C=O) groups excluding carboxylic acids is 2. The first-order valence-corrected chi connectivity index (χ1v) is 6.38. The fourth-order valence-corrected chi connectivity index (χ4v) is 1.39. The fraction of sp³-hybridized carbons (Fsp3) is 0.333. The van der Waals surface area contributed by atoms with Crippen molar-refractivity contribution >= 4 is 17.8 Å². The molecule has 21 heavy (non-hydrogen) atoms. The van der Waals surface area contributed by atoms with Gasteiger partial charge in [0.05, 0.1) is 6.54 Å². The number of amides is 3. The lowest BCUT2D eigenvalue weighted by Crippen LogP contribution is -2.32. The molecule has 6 nitrogen and oxygen atoms in total. The van der Waals surface area contributed by atoms with Crippen LogP contribution in [0.25, 0.3) is 0 Å². The normalized spacial score (nSPS) is 10.0. The molecule has 0 aliphatic heterocycles. The van der Waals surface area contributed by atoms with E-state index in [-0.39, 0.29) is 6.54 Å². The molecule has 1 aromatic carbocycles. The molecule has 0 bridgehead atoms. The van der Waals surface area contributed by atoms with E-state index in [1.165, 1.54) is 0 Å². The van der Waals surface area contributed by atoms with Crippen molar-refractivity contribution in [2.75, 3.05) is 11.9 Å². The van der Waals surface area contributed by atoms with Gasteiger partial charge in [0, 0.05) is 11.3 Å². The number of benzene rings is 1. The van der Waals surface area contributed by atoms with Gasteiger partial charge in [-0.15, -0.1) is 0 Å². The van der Waals surface area contributed by atoms with Crippen LogP contribution in [-0.4, -0.2) is 24.3 Å². The van der Waals surface area contributed by atoms with Crippen LogP contribution in [0.5, 0.6) is 0 Å². The van der Waals surface area contributed by atoms with Crippen molar-refractivity contribution in [2.45, 2.75) is 26.4 Å². The number of rotatable bonds is 2. The first-order chi connectivity index (χ1) is 9.76. The summed E-state index contributed by atoms with van der Waals surface area (Å²) < 4.78 is 5.07. The van der Waals surface area contributed by atoms with Gasteiger partial charge in [0.25, 0.3) is 0 Å². The topological polar surface area (TPSA) is 93.4 Å². The summed E-state index contributed by atoms with van der Waals surface area (Å²) in [6.07, 6.45) is -0.513. The van der Waals surface area contributed by atoms with E-state index < -0.39 is 17.7 Å². The first-order valence-electron chi connectivity index (χ1n) is 6.38. The summed E-state index contributed by atoms with van der Waals surface area (Å²) in [7, 11) is 0. The lowest BCUT2D eigenvalue weighted by Gasteiger charge is -2.18. The molecule has 0 saturated carbocycles. The van der Waals surface area contributed by atoms with Crippen LogP contribution in [0, 0.1) is 11.8 Å². The van der Waals surface area contributed by atoms with Crippen molar-refractivity contribution < 1.29 is 14.3 Å². The van der Waals surface area contributed by atoms with Gasteiger partial charge in [0.15, 0.2) is 0 Å². The van der Waals surface area contributed by atoms with Crippen LogP contribution < -0.4 is 16.4 Å². The van der Waals surface area contributed by atoms with Crippen LogP contribution in [0.3, 0.4) is 0 Å². The number of hydrogen-bond donors (Lipinski definition) is 3. The Kier molecular flexibility index (Phi) is 5.61. The maximum atomic E-state index is 11.4. The van der Waals surface area contributed by atoms with Crippen LogP contribution in [0.2, 0.25) is 0 Å². The highest BCUT2D eigenvalue weighted by Crippen LogP contribution is 2.09. The van der Waals surface area contributed by atoms with Crippen molar-refractivity contribution in [3.8, 4) is 11.8 Å². The van der Waals surface area contributed by atoms with Crippen LogP contribution >= 0.6 is 0 Å². The Hall–Kier alpha value is -2.68. The third-order valence-electron chi connectivity index (χ3n) is 2.08. The largest absolute Gasteiger partial charge is 0.444 e. The molecule has 0 atom stereocenters. The average molecular weight is 289 g/mol. The minimum atomic E-state index is -0.633. The zero-order valence-corrected chi connectivity index (χ0v) is 12.3. The summed E-state index contributed by atoms with van der Waals surface area (Å²) in [5.41, 5.74) is 5.76. The Morgan fingerprint density at radius 3 is 2.67 bits per heavy atom. The van der Waals surface area contributed by atoms with Crippen molar-refractivity contribution in [1.29, 1.82) is 0 Å². The van der Waals surface area contributed by atoms with Crippen LogP contribution in [0.4, 0.5) is 15.3 Å². The second-order valence-electron chi connectivity index (χ2n) is 5.23. The average Bonchev–Trinajstić information content (AvgIpc) is 2.32. The lowest BCUT2D eigenvalue weighted by molar-refractivity contribution is 0.0535. The molecule has 1 aromatic rings. The number of hydrogen-bond acceptors (Lipinski definition) is 3. The van der Waals surface area contributed by atoms with Crippen molar-refractivity contribution in [3.63, 3.8) is 0 Å². The molecule has 0 radical (unpaired) electrons. The Morgan fingerprint density at radius 1 is 1.33 bits per heavy atom. The Bertz CT molecular complexity index is 580. The van der Waals surface area contributed by atoms with E-state index in [2.05, 4.69) is 22.5 Å². The summed E-state index contributed by atoms with van der Waals surface area (Å²) in [5.74, 6) is 5.66. The van der Waals surface area contributed by atoms with Gasteiger partial charge in [-0.25, -0.2) is 9.59 Å².